The van der Waals surface area contributed by atoms with Crippen LogP contribution in [-0.2, 0) is 4.79 Å². The van der Waals surface area contributed by atoms with Crippen molar-refractivity contribution in [3.8, 4) is 10.4 Å². The van der Waals surface area contributed by atoms with Gasteiger partial charge in [-0.2, -0.15) is 4.37 Å². The third kappa shape index (κ3) is 6.05. The fourth-order valence-corrected chi connectivity index (χ4v) is 3.88. The van der Waals surface area contributed by atoms with Gasteiger partial charge in [0.2, 0.25) is 0 Å². The van der Waals surface area contributed by atoms with E-state index in [1.165, 1.54) is 11.5 Å². The summed E-state index contributed by atoms with van der Waals surface area (Å²) in [6.45, 7) is 3.81. The molecule has 2 aromatic carbocycles. The van der Waals surface area contributed by atoms with E-state index in [-0.39, 0.29) is 19.0 Å². The van der Waals surface area contributed by atoms with Crippen molar-refractivity contribution in [2.45, 2.75) is 20.3 Å². The van der Waals surface area contributed by atoms with Gasteiger partial charge in [-0.15, -0.1) is 0 Å². The number of carboxylic acid groups (broad SMARTS) is 1. The molecule has 0 aliphatic carbocycles. The molecule has 0 fully saturated rings. The third-order valence-corrected chi connectivity index (χ3v) is 5.52. The molecule has 5 N–H and O–H groups in total. The molecule has 3 aromatic rings. The van der Waals surface area contributed by atoms with E-state index < -0.39 is 12.0 Å². The summed E-state index contributed by atoms with van der Waals surface area (Å²) in [5, 5.41) is 19.4. The number of aliphatic carboxylic acids is 1. The number of para-hydroxylation sites is 1. The number of rotatable bonds is 7. The summed E-state index contributed by atoms with van der Waals surface area (Å²) in [5.41, 5.74) is 4.03. The highest BCUT2D eigenvalue weighted by Gasteiger charge is 2.16. The Labute approximate surface area is 189 Å². The first-order chi connectivity index (χ1) is 15.3. The molecule has 10 heteroatoms. The topological polar surface area (TPSA) is 132 Å². The van der Waals surface area contributed by atoms with Crippen LogP contribution in [0.4, 0.5) is 26.8 Å². The number of aryl methyl sites for hydroxylation is 1. The van der Waals surface area contributed by atoms with E-state index in [0.29, 0.717) is 17.2 Å². The number of aromatic nitrogens is 1. The molecular formula is C22H23N5O4S. The van der Waals surface area contributed by atoms with E-state index in [0.717, 1.165) is 21.6 Å². The Kier molecular flexibility index (Phi) is 7.40. The van der Waals surface area contributed by atoms with Crippen molar-refractivity contribution in [1.82, 2.24) is 9.69 Å². The van der Waals surface area contributed by atoms with Crippen molar-refractivity contribution < 1.29 is 19.5 Å². The van der Waals surface area contributed by atoms with Crippen LogP contribution in [0.5, 0.6) is 0 Å². The summed E-state index contributed by atoms with van der Waals surface area (Å²) in [6.07, 6.45) is -0.155. The fraction of sp³-hybridized carbons (Fsp3) is 0.182. The van der Waals surface area contributed by atoms with Gasteiger partial charge in [-0.05, 0) is 60.8 Å². The normalized spacial score (nSPS) is 10.3. The second kappa shape index (κ2) is 10.4. The highest BCUT2D eigenvalue weighted by atomic mass is 32.1. The van der Waals surface area contributed by atoms with Crippen molar-refractivity contribution in [2.75, 3.05) is 22.5 Å². The number of urea groups is 2. The number of carboxylic acids is 1. The molecule has 4 amide bonds. The molecule has 0 saturated carbocycles. The van der Waals surface area contributed by atoms with Crippen LogP contribution in [0.1, 0.15) is 17.5 Å². The quantitative estimate of drug-likeness (QED) is 0.355. The number of amides is 4. The first kappa shape index (κ1) is 22.8. The second-order valence-corrected chi connectivity index (χ2v) is 7.76. The lowest BCUT2D eigenvalue weighted by molar-refractivity contribution is -0.136. The summed E-state index contributed by atoms with van der Waals surface area (Å²) in [4.78, 5) is 35.6. The average molecular weight is 454 g/mol. The van der Waals surface area contributed by atoms with Crippen molar-refractivity contribution in [3.63, 3.8) is 0 Å². The molecule has 0 aliphatic heterocycles. The number of nitrogens with zero attached hydrogens (tertiary/aromatic N) is 1. The first-order valence-electron chi connectivity index (χ1n) is 9.80. The van der Waals surface area contributed by atoms with E-state index in [1.807, 2.05) is 44.2 Å². The molecule has 0 saturated heterocycles. The number of nitrogens with one attached hydrogen (secondary N) is 4. The van der Waals surface area contributed by atoms with Crippen LogP contribution >= 0.6 is 11.5 Å². The van der Waals surface area contributed by atoms with Gasteiger partial charge in [-0.1, -0.05) is 24.3 Å². The Balaban J connectivity index is 1.65. The van der Waals surface area contributed by atoms with Crippen LogP contribution in [0.3, 0.4) is 0 Å². The van der Waals surface area contributed by atoms with Crippen LogP contribution in [0.2, 0.25) is 0 Å². The minimum absolute atomic E-state index is 0.0304. The molecule has 166 valence electrons. The van der Waals surface area contributed by atoms with Crippen molar-refractivity contribution in [2.24, 2.45) is 0 Å². The van der Waals surface area contributed by atoms with E-state index >= 15 is 0 Å². The van der Waals surface area contributed by atoms with Crippen LogP contribution in [-0.4, -0.2) is 34.1 Å². The minimum Gasteiger partial charge on any atom is -0.481 e. The van der Waals surface area contributed by atoms with Gasteiger partial charge in [0.05, 0.1) is 11.3 Å². The summed E-state index contributed by atoms with van der Waals surface area (Å²) in [5.74, 6) is -0.565. The second-order valence-electron chi connectivity index (χ2n) is 6.98. The van der Waals surface area contributed by atoms with Gasteiger partial charge in [0.1, 0.15) is 0 Å². The smallest absolute Gasteiger partial charge is 0.323 e. The van der Waals surface area contributed by atoms with E-state index in [1.54, 1.807) is 18.2 Å². The molecule has 9 nitrogen and oxygen atoms in total. The highest BCUT2D eigenvalue weighted by Crippen LogP contribution is 2.35. The van der Waals surface area contributed by atoms with Crippen molar-refractivity contribution in [1.29, 1.82) is 0 Å². The van der Waals surface area contributed by atoms with Gasteiger partial charge in [-0.3, -0.25) is 10.1 Å². The van der Waals surface area contributed by atoms with Gasteiger partial charge in [0, 0.05) is 23.5 Å². The maximum absolute atomic E-state index is 12.2. The summed E-state index contributed by atoms with van der Waals surface area (Å²) >= 11 is 1.25. The molecule has 1 aromatic heterocycles. The monoisotopic (exact) mass is 453 g/mol. The van der Waals surface area contributed by atoms with Crippen molar-refractivity contribution >= 4 is 46.8 Å². The molecule has 1 heterocycles. The van der Waals surface area contributed by atoms with Gasteiger partial charge in [0.15, 0.2) is 5.82 Å². The van der Waals surface area contributed by atoms with Gasteiger partial charge in [0.25, 0.3) is 0 Å². The zero-order valence-corrected chi connectivity index (χ0v) is 18.4. The van der Waals surface area contributed by atoms with Crippen LogP contribution < -0.4 is 21.3 Å². The summed E-state index contributed by atoms with van der Waals surface area (Å²) < 4.78 is 4.31. The molecule has 0 bridgehead atoms. The molecular weight excluding hydrogens is 430 g/mol. The average Bonchev–Trinajstić information content (AvgIpc) is 3.08. The van der Waals surface area contributed by atoms with Gasteiger partial charge in [-0.25, -0.2) is 9.59 Å². The largest absolute Gasteiger partial charge is 0.481 e. The standard InChI is InChI=1S/C22H23N5O4S/c1-13-12-16(25-22(31)24-15-6-4-3-5-7-15)8-9-17(13)19-14(2)20(27-32-19)26-21(30)23-11-10-18(28)29/h3-9,12H,10-11H2,1-2H3,(H,28,29)(H2,24,25,31)(H2,23,26,27,30). The molecule has 0 atom stereocenters. The lowest BCUT2D eigenvalue weighted by atomic mass is 10.0. The van der Waals surface area contributed by atoms with E-state index in [9.17, 15) is 14.4 Å². The number of hydrogen-bond acceptors (Lipinski definition) is 5. The highest BCUT2D eigenvalue weighted by molar-refractivity contribution is 7.10. The van der Waals surface area contributed by atoms with E-state index in [4.69, 9.17) is 5.11 Å². The minimum atomic E-state index is -0.983. The Morgan fingerprint density at radius 1 is 0.938 bits per heavy atom. The molecule has 0 unspecified atom stereocenters. The Morgan fingerprint density at radius 2 is 1.66 bits per heavy atom. The van der Waals surface area contributed by atoms with Gasteiger partial charge < -0.3 is 21.1 Å². The Bertz CT molecular complexity index is 1130. The van der Waals surface area contributed by atoms with Crippen LogP contribution in [0.15, 0.2) is 48.5 Å². The maximum atomic E-state index is 12.2. The molecule has 0 aliphatic rings. The summed E-state index contributed by atoms with van der Waals surface area (Å²) in [7, 11) is 0. The molecule has 0 spiro atoms. The molecule has 0 radical (unpaired) electrons. The Hall–Kier alpha value is -3.92. The number of hydrogen-bond donors (Lipinski definition) is 5. The SMILES string of the molecule is Cc1cc(NC(=O)Nc2ccccc2)ccc1-c1snc(NC(=O)NCCC(=O)O)c1C. The number of carbonyl (C=O) groups is 3. The fourth-order valence-electron chi connectivity index (χ4n) is 2.95. The first-order valence-corrected chi connectivity index (χ1v) is 10.6. The predicted molar refractivity (Wildman–Crippen MR) is 125 cm³/mol. The zero-order valence-electron chi connectivity index (χ0n) is 17.6. The molecule has 3 rings (SSSR count). The van der Waals surface area contributed by atoms with Crippen LogP contribution in [0.25, 0.3) is 10.4 Å². The zero-order chi connectivity index (χ0) is 23.1. The van der Waals surface area contributed by atoms with Crippen LogP contribution in [0, 0.1) is 13.8 Å². The lowest BCUT2D eigenvalue weighted by Crippen LogP contribution is -2.30. The number of anilines is 3. The van der Waals surface area contributed by atoms with Gasteiger partial charge >= 0.3 is 18.0 Å². The third-order valence-electron chi connectivity index (χ3n) is 4.54. The number of benzene rings is 2. The maximum Gasteiger partial charge on any atom is 0.323 e. The molecule has 32 heavy (non-hydrogen) atoms. The van der Waals surface area contributed by atoms with E-state index in [2.05, 4.69) is 25.6 Å². The predicted octanol–water partition coefficient (Wildman–Crippen LogP) is 4.67. The summed E-state index contributed by atoms with van der Waals surface area (Å²) in [6, 6.07) is 13.9. The van der Waals surface area contributed by atoms with Crippen molar-refractivity contribution in [3.05, 3.63) is 59.7 Å². The Morgan fingerprint density at radius 3 is 2.34 bits per heavy atom. The lowest BCUT2D eigenvalue weighted by Gasteiger charge is -2.11. The number of carbonyl (C=O) groups excluding carboxylic acids is 2.